The van der Waals surface area contributed by atoms with Gasteiger partial charge in [-0.25, -0.2) is 0 Å². The van der Waals surface area contributed by atoms with Crippen LogP contribution in [-0.2, 0) is 6.42 Å². The molecule has 0 amide bonds. The van der Waals surface area contributed by atoms with Gasteiger partial charge in [0.15, 0.2) is 0 Å². The normalized spacial score (nSPS) is 20.1. The van der Waals surface area contributed by atoms with Crippen LogP contribution in [0.2, 0.25) is 0 Å². The molecule has 0 aliphatic heterocycles. The molecule has 1 aromatic rings. The second kappa shape index (κ2) is 3.02. The molecule has 0 fully saturated rings. The molecular weight excluding hydrogens is 156 g/mol. The van der Waals surface area contributed by atoms with Gasteiger partial charge in [-0.1, -0.05) is 31.2 Å². The van der Waals surface area contributed by atoms with Crippen molar-refractivity contribution in [3.05, 3.63) is 46.5 Å². The Morgan fingerprint density at radius 3 is 2.77 bits per heavy atom. The molecule has 1 aliphatic carbocycles. The van der Waals surface area contributed by atoms with E-state index in [1.165, 1.54) is 16.7 Å². The Morgan fingerprint density at radius 1 is 1.23 bits per heavy atom. The Balaban J connectivity index is 2.63. The third-order valence-corrected chi connectivity index (χ3v) is 3.09. The Bertz CT molecular complexity index is 359. The Morgan fingerprint density at radius 2 is 2.00 bits per heavy atom. The largest absolute Gasteiger partial charge is 0.0835 e. The second-order valence-electron chi connectivity index (χ2n) is 4.00. The zero-order chi connectivity index (χ0) is 9.42. The van der Waals surface area contributed by atoms with Gasteiger partial charge in [0, 0.05) is 0 Å². The van der Waals surface area contributed by atoms with Crippen LogP contribution in [0.1, 0.15) is 35.1 Å². The molecule has 68 valence electrons. The van der Waals surface area contributed by atoms with Gasteiger partial charge in [-0.05, 0) is 48.4 Å². The van der Waals surface area contributed by atoms with E-state index in [0.717, 1.165) is 6.42 Å². The first-order valence-corrected chi connectivity index (χ1v) is 4.96. The van der Waals surface area contributed by atoms with Gasteiger partial charge in [-0.15, -0.1) is 0 Å². The van der Waals surface area contributed by atoms with E-state index in [0.29, 0.717) is 5.92 Å². The van der Waals surface area contributed by atoms with Gasteiger partial charge >= 0.3 is 0 Å². The summed E-state index contributed by atoms with van der Waals surface area (Å²) in [6, 6.07) is 4.51. The molecule has 0 nitrogen and oxygen atoms in total. The smallest absolute Gasteiger partial charge is 0.000476 e. The number of benzene rings is 1. The van der Waals surface area contributed by atoms with Crippen LogP contribution in [0.15, 0.2) is 24.3 Å². The van der Waals surface area contributed by atoms with Crippen LogP contribution in [0.3, 0.4) is 0 Å². The van der Waals surface area contributed by atoms with E-state index in [9.17, 15) is 0 Å². The first-order valence-electron chi connectivity index (χ1n) is 4.96. The number of allylic oxidation sites excluding steroid dienone is 2. The molecule has 0 bridgehead atoms. The van der Waals surface area contributed by atoms with Crippen LogP contribution in [0.25, 0.3) is 0 Å². The van der Waals surface area contributed by atoms with E-state index in [2.05, 4.69) is 45.1 Å². The van der Waals surface area contributed by atoms with E-state index in [1.54, 1.807) is 5.56 Å². The van der Waals surface area contributed by atoms with Crippen LogP contribution in [-0.4, -0.2) is 0 Å². The SMILES string of the molecule is Cc1ccc2c(c1C)C(C)C=CC2. The van der Waals surface area contributed by atoms with E-state index in [1.807, 2.05) is 0 Å². The summed E-state index contributed by atoms with van der Waals surface area (Å²) in [7, 11) is 0. The number of rotatable bonds is 0. The summed E-state index contributed by atoms with van der Waals surface area (Å²) in [5.74, 6) is 0.601. The molecular formula is C13H16. The van der Waals surface area contributed by atoms with Gasteiger partial charge in [-0.2, -0.15) is 0 Å². The minimum Gasteiger partial charge on any atom is -0.0835 e. The van der Waals surface area contributed by atoms with Gasteiger partial charge in [0.05, 0.1) is 0 Å². The molecule has 1 aromatic carbocycles. The number of fused-ring (bicyclic) bond motifs is 1. The predicted octanol–water partition coefficient (Wildman–Crippen LogP) is 3.52. The average molecular weight is 172 g/mol. The Labute approximate surface area is 80.3 Å². The third-order valence-electron chi connectivity index (χ3n) is 3.09. The highest BCUT2D eigenvalue weighted by atomic mass is 14.2. The maximum atomic E-state index is 2.31. The van der Waals surface area contributed by atoms with Crippen LogP contribution < -0.4 is 0 Å². The fraction of sp³-hybridized carbons (Fsp3) is 0.385. The number of aryl methyl sites for hydroxylation is 1. The predicted molar refractivity (Wildman–Crippen MR) is 57.2 cm³/mol. The zero-order valence-corrected chi connectivity index (χ0v) is 8.59. The summed E-state index contributed by atoms with van der Waals surface area (Å²) in [6.45, 7) is 6.71. The molecule has 2 rings (SSSR count). The van der Waals surface area contributed by atoms with Gasteiger partial charge in [0.25, 0.3) is 0 Å². The van der Waals surface area contributed by atoms with Crippen molar-refractivity contribution in [2.24, 2.45) is 0 Å². The van der Waals surface area contributed by atoms with Crippen molar-refractivity contribution in [2.45, 2.75) is 33.1 Å². The Kier molecular flexibility index (Phi) is 1.99. The van der Waals surface area contributed by atoms with E-state index >= 15 is 0 Å². The van der Waals surface area contributed by atoms with Crippen molar-refractivity contribution in [2.75, 3.05) is 0 Å². The highest BCUT2D eigenvalue weighted by Gasteiger charge is 2.14. The lowest BCUT2D eigenvalue weighted by molar-refractivity contribution is 0.890. The Hall–Kier alpha value is -1.04. The lowest BCUT2D eigenvalue weighted by Crippen LogP contribution is -2.05. The third kappa shape index (κ3) is 1.31. The van der Waals surface area contributed by atoms with Crippen molar-refractivity contribution in [1.82, 2.24) is 0 Å². The van der Waals surface area contributed by atoms with Gasteiger partial charge in [0.2, 0.25) is 0 Å². The van der Waals surface area contributed by atoms with Crippen molar-refractivity contribution in [3.63, 3.8) is 0 Å². The molecule has 0 saturated heterocycles. The monoisotopic (exact) mass is 172 g/mol. The quantitative estimate of drug-likeness (QED) is 0.525. The van der Waals surface area contributed by atoms with Crippen molar-refractivity contribution in [1.29, 1.82) is 0 Å². The lowest BCUT2D eigenvalue weighted by atomic mass is 9.84. The lowest BCUT2D eigenvalue weighted by Gasteiger charge is -2.21. The summed E-state index contributed by atoms with van der Waals surface area (Å²) in [4.78, 5) is 0. The molecule has 0 heteroatoms. The summed E-state index contributed by atoms with van der Waals surface area (Å²) >= 11 is 0. The van der Waals surface area contributed by atoms with Crippen molar-refractivity contribution < 1.29 is 0 Å². The molecule has 0 radical (unpaired) electrons. The fourth-order valence-corrected chi connectivity index (χ4v) is 2.20. The van der Waals surface area contributed by atoms with E-state index in [-0.39, 0.29) is 0 Å². The van der Waals surface area contributed by atoms with Crippen LogP contribution >= 0.6 is 0 Å². The second-order valence-corrected chi connectivity index (χ2v) is 4.00. The highest BCUT2D eigenvalue weighted by molar-refractivity contribution is 5.46. The molecule has 0 spiro atoms. The number of hydrogen-bond acceptors (Lipinski definition) is 0. The molecule has 1 unspecified atom stereocenters. The van der Waals surface area contributed by atoms with Crippen LogP contribution in [0.4, 0.5) is 0 Å². The molecule has 0 saturated carbocycles. The van der Waals surface area contributed by atoms with Gasteiger partial charge in [-0.3, -0.25) is 0 Å². The summed E-state index contributed by atoms with van der Waals surface area (Å²) < 4.78 is 0. The number of hydrogen-bond donors (Lipinski definition) is 0. The molecule has 1 atom stereocenters. The molecule has 0 heterocycles. The minimum atomic E-state index is 0.601. The van der Waals surface area contributed by atoms with Gasteiger partial charge in [0.1, 0.15) is 0 Å². The molecule has 0 N–H and O–H groups in total. The minimum absolute atomic E-state index is 0.601. The first-order chi connectivity index (χ1) is 6.20. The van der Waals surface area contributed by atoms with Crippen LogP contribution in [0, 0.1) is 13.8 Å². The summed E-state index contributed by atoms with van der Waals surface area (Å²) in [5.41, 5.74) is 5.97. The topological polar surface area (TPSA) is 0 Å². The van der Waals surface area contributed by atoms with E-state index < -0.39 is 0 Å². The maximum Gasteiger partial charge on any atom is -0.000476 e. The first kappa shape index (κ1) is 8.55. The zero-order valence-electron chi connectivity index (χ0n) is 8.59. The standard InChI is InChI=1S/C13H16/c1-9-7-8-12-6-4-5-10(2)13(12)11(9)3/h4-5,7-8,10H,6H2,1-3H3. The molecule has 1 aliphatic rings. The fourth-order valence-electron chi connectivity index (χ4n) is 2.20. The van der Waals surface area contributed by atoms with Crippen LogP contribution in [0.5, 0.6) is 0 Å². The van der Waals surface area contributed by atoms with Crippen molar-refractivity contribution >= 4 is 0 Å². The molecule has 0 aromatic heterocycles. The highest BCUT2D eigenvalue weighted by Crippen LogP contribution is 2.30. The summed E-state index contributed by atoms with van der Waals surface area (Å²) in [5, 5.41) is 0. The average Bonchev–Trinajstić information content (AvgIpc) is 2.12. The summed E-state index contributed by atoms with van der Waals surface area (Å²) in [6.07, 6.45) is 5.71. The van der Waals surface area contributed by atoms with Gasteiger partial charge < -0.3 is 0 Å². The maximum absolute atomic E-state index is 2.31. The van der Waals surface area contributed by atoms with Crippen molar-refractivity contribution in [3.8, 4) is 0 Å². The van der Waals surface area contributed by atoms with E-state index in [4.69, 9.17) is 0 Å². The molecule has 13 heavy (non-hydrogen) atoms.